The molecule has 78 valence electrons. The van der Waals surface area contributed by atoms with Crippen LogP contribution in [0.1, 0.15) is 5.56 Å². The van der Waals surface area contributed by atoms with Crippen molar-refractivity contribution in [1.29, 1.82) is 0 Å². The lowest BCUT2D eigenvalue weighted by Crippen LogP contribution is -2.03. The Labute approximate surface area is 95.7 Å². The molecular weight excluding hydrogens is 258 g/mol. The standard InChI is InChI=1S/C9H10BrN5/c1-6-3-14-15(4-6)9-7(10)8(11-2)12-5-13-9/h3-5H,1-2H3,(H,11,12,13). The third kappa shape index (κ3) is 1.85. The summed E-state index contributed by atoms with van der Waals surface area (Å²) < 4.78 is 2.51. The van der Waals surface area contributed by atoms with Crippen LogP contribution in [0.3, 0.4) is 0 Å². The lowest BCUT2D eigenvalue weighted by molar-refractivity contribution is 0.834. The van der Waals surface area contributed by atoms with E-state index < -0.39 is 0 Å². The molecule has 2 aromatic rings. The smallest absolute Gasteiger partial charge is 0.173 e. The molecule has 0 saturated heterocycles. The van der Waals surface area contributed by atoms with Crippen molar-refractivity contribution in [2.45, 2.75) is 6.92 Å². The van der Waals surface area contributed by atoms with Crippen LogP contribution in [0.25, 0.3) is 5.82 Å². The molecule has 2 aromatic heterocycles. The zero-order chi connectivity index (χ0) is 10.8. The third-order valence-corrected chi connectivity index (χ3v) is 2.67. The van der Waals surface area contributed by atoms with Gasteiger partial charge in [0.15, 0.2) is 5.82 Å². The molecule has 2 heterocycles. The van der Waals surface area contributed by atoms with Crippen LogP contribution in [-0.2, 0) is 0 Å². The SMILES string of the molecule is CNc1ncnc(-n2cc(C)cn2)c1Br. The van der Waals surface area contributed by atoms with Crippen molar-refractivity contribution in [3.05, 3.63) is 28.8 Å². The first kappa shape index (κ1) is 10.1. The Morgan fingerprint density at radius 2 is 2.20 bits per heavy atom. The average Bonchev–Trinajstić information content (AvgIpc) is 2.65. The van der Waals surface area contributed by atoms with Gasteiger partial charge in [-0.3, -0.25) is 0 Å². The van der Waals surface area contributed by atoms with Crippen LogP contribution in [0.4, 0.5) is 5.82 Å². The quantitative estimate of drug-likeness (QED) is 0.901. The number of anilines is 1. The second-order valence-electron chi connectivity index (χ2n) is 3.07. The molecule has 0 atom stereocenters. The topological polar surface area (TPSA) is 55.6 Å². The van der Waals surface area contributed by atoms with Crippen molar-refractivity contribution in [2.75, 3.05) is 12.4 Å². The van der Waals surface area contributed by atoms with Gasteiger partial charge >= 0.3 is 0 Å². The maximum Gasteiger partial charge on any atom is 0.173 e. The predicted octanol–water partition coefficient (Wildman–Crippen LogP) is 1.77. The van der Waals surface area contributed by atoms with Crippen LogP contribution < -0.4 is 5.32 Å². The van der Waals surface area contributed by atoms with Gasteiger partial charge in [-0.25, -0.2) is 14.6 Å². The van der Waals surface area contributed by atoms with Gasteiger partial charge in [0.1, 0.15) is 16.6 Å². The van der Waals surface area contributed by atoms with E-state index in [1.807, 2.05) is 20.2 Å². The van der Waals surface area contributed by atoms with Gasteiger partial charge in [-0.1, -0.05) is 0 Å². The second kappa shape index (κ2) is 3.98. The number of aromatic nitrogens is 4. The minimum atomic E-state index is 0.724. The van der Waals surface area contributed by atoms with Gasteiger partial charge in [0, 0.05) is 13.2 Å². The molecule has 0 spiro atoms. The van der Waals surface area contributed by atoms with E-state index in [4.69, 9.17) is 0 Å². The molecule has 0 bridgehead atoms. The molecule has 0 aliphatic carbocycles. The molecular formula is C9H10BrN5. The summed E-state index contributed by atoms with van der Waals surface area (Å²) >= 11 is 3.44. The summed E-state index contributed by atoms with van der Waals surface area (Å²) in [6, 6.07) is 0. The molecule has 0 aliphatic rings. The summed E-state index contributed by atoms with van der Waals surface area (Å²) in [6.45, 7) is 1.98. The summed E-state index contributed by atoms with van der Waals surface area (Å²) in [7, 11) is 1.81. The average molecular weight is 268 g/mol. The summed E-state index contributed by atoms with van der Waals surface area (Å²) in [4.78, 5) is 8.25. The number of halogens is 1. The van der Waals surface area contributed by atoms with E-state index in [1.54, 1.807) is 10.9 Å². The van der Waals surface area contributed by atoms with Gasteiger partial charge in [-0.05, 0) is 28.4 Å². The van der Waals surface area contributed by atoms with Crippen molar-refractivity contribution in [2.24, 2.45) is 0 Å². The molecule has 5 nitrogen and oxygen atoms in total. The van der Waals surface area contributed by atoms with Crippen LogP contribution in [0.2, 0.25) is 0 Å². The van der Waals surface area contributed by atoms with Gasteiger partial charge in [0.25, 0.3) is 0 Å². The molecule has 0 saturated carbocycles. The van der Waals surface area contributed by atoms with Crippen LogP contribution in [0.5, 0.6) is 0 Å². The highest BCUT2D eigenvalue weighted by atomic mass is 79.9. The molecule has 6 heteroatoms. The highest BCUT2D eigenvalue weighted by Gasteiger charge is 2.09. The van der Waals surface area contributed by atoms with Gasteiger partial charge in [0.2, 0.25) is 0 Å². The second-order valence-corrected chi connectivity index (χ2v) is 3.87. The first-order chi connectivity index (χ1) is 7.22. The van der Waals surface area contributed by atoms with E-state index in [-0.39, 0.29) is 0 Å². The predicted molar refractivity (Wildman–Crippen MR) is 61.1 cm³/mol. The fourth-order valence-electron chi connectivity index (χ4n) is 1.22. The Morgan fingerprint density at radius 3 is 2.80 bits per heavy atom. The summed E-state index contributed by atoms with van der Waals surface area (Å²) in [6.07, 6.45) is 5.20. The fraction of sp³-hybridized carbons (Fsp3) is 0.222. The number of hydrogen-bond acceptors (Lipinski definition) is 4. The van der Waals surface area contributed by atoms with Crippen LogP contribution in [0.15, 0.2) is 23.2 Å². The number of hydrogen-bond donors (Lipinski definition) is 1. The highest BCUT2D eigenvalue weighted by Crippen LogP contribution is 2.24. The maximum absolute atomic E-state index is 4.19. The van der Waals surface area contributed by atoms with Gasteiger partial charge in [-0.2, -0.15) is 5.10 Å². The van der Waals surface area contributed by atoms with E-state index in [0.29, 0.717) is 0 Å². The van der Waals surface area contributed by atoms with E-state index in [1.165, 1.54) is 6.33 Å². The lowest BCUT2D eigenvalue weighted by Gasteiger charge is -2.06. The Morgan fingerprint density at radius 1 is 1.40 bits per heavy atom. The molecule has 0 radical (unpaired) electrons. The van der Waals surface area contributed by atoms with Crippen molar-refractivity contribution in [1.82, 2.24) is 19.7 Å². The van der Waals surface area contributed by atoms with Gasteiger partial charge in [-0.15, -0.1) is 0 Å². The Bertz CT molecular complexity index is 479. The van der Waals surface area contributed by atoms with Crippen LogP contribution >= 0.6 is 15.9 Å². The van der Waals surface area contributed by atoms with Crippen molar-refractivity contribution in [3.63, 3.8) is 0 Å². The molecule has 15 heavy (non-hydrogen) atoms. The monoisotopic (exact) mass is 267 g/mol. The molecule has 1 N–H and O–H groups in total. The Hall–Kier alpha value is -1.43. The molecule has 2 rings (SSSR count). The Balaban J connectivity index is 2.53. The van der Waals surface area contributed by atoms with Crippen molar-refractivity contribution in [3.8, 4) is 5.82 Å². The van der Waals surface area contributed by atoms with Crippen LogP contribution in [-0.4, -0.2) is 26.8 Å². The van der Waals surface area contributed by atoms with Crippen molar-refractivity contribution < 1.29 is 0 Å². The zero-order valence-corrected chi connectivity index (χ0v) is 9.98. The summed E-state index contributed by atoms with van der Waals surface area (Å²) in [5, 5.41) is 7.16. The number of nitrogens with zero attached hydrogens (tertiary/aromatic N) is 4. The fourth-order valence-corrected chi connectivity index (χ4v) is 1.81. The van der Waals surface area contributed by atoms with E-state index in [9.17, 15) is 0 Å². The largest absolute Gasteiger partial charge is 0.372 e. The Kier molecular flexibility index (Phi) is 2.68. The first-order valence-electron chi connectivity index (χ1n) is 4.42. The molecule has 0 aliphatic heterocycles. The first-order valence-corrected chi connectivity index (χ1v) is 5.21. The highest BCUT2D eigenvalue weighted by molar-refractivity contribution is 9.10. The van der Waals surface area contributed by atoms with Crippen molar-refractivity contribution >= 4 is 21.7 Å². The van der Waals surface area contributed by atoms with Gasteiger partial charge in [0.05, 0.1) is 6.20 Å². The molecule has 0 unspecified atom stereocenters. The van der Waals surface area contributed by atoms with Crippen LogP contribution in [0, 0.1) is 6.92 Å². The number of rotatable bonds is 2. The minimum absolute atomic E-state index is 0.724. The lowest BCUT2D eigenvalue weighted by atomic mass is 10.4. The molecule has 0 fully saturated rings. The van der Waals surface area contributed by atoms with E-state index in [2.05, 4.69) is 36.3 Å². The number of nitrogens with one attached hydrogen (secondary N) is 1. The maximum atomic E-state index is 4.19. The van der Waals surface area contributed by atoms with Gasteiger partial charge < -0.3 is 5.32 Å². The third-order valence-electron chi connectivity index (χ3n) is 1.94. The summed E-state index contributed by atoms with van der Waals surface area (Å²) in [5.41, 5.74) is 1.09. The van der Waals surface area contributed by atoms with E-state index in [0.717, 1.165) is 21.7 Å². The van der Waals surface area contributed by atoms with E-state index >= 15 is 0 Å². The minimum Gasteiger partial charge on any atom is -0.372 e. The molecule has 0 aromatic carbocycles. The number of aryl methyl sites for hydroxylation is 1. The summed E-state index contributed by atoms with van der Waals surface area (Å²) in [5.74, 6) is 1.47. The zero-order valence-electron chi connectivity index (χ0n) is 8.40. The normalized spacial score (nSPS) is 10.3. The molecule has 0 amide bonds.